The Morgan fingerprint density at radius 2 is 0.878 bits per heavy atom. The topological polar surface area (TPSA) is 36.9 Å². The highest BCUT2D eigenvalue weighted by Crippen LogP contribution is 2.43. The maximum atomic E-state index is 6.42. The van der Waals surface area contributed by atoms with Crippen LogP contribution in [0.4, 0.5) is 0 Å². The van der Waals surface area contributed by atoms with E-state index in [2.05, 4.69) is 13.8 Å². The van der Waals surface area contributed by atoms with Crippen molar-refractivity contribution < 1.29 is 18.3 Å². The van der Waals surface area contributed by atoms with Gasteiger partial charge >= 0.3 is 8.60 Å². The van der Waals surface area contributed by atoms with Crippen molar-refractivity contribution in [1.29, 1.82) is 0 Å². The van der Waals surface area contributed by atoms with Gasteiger partial charge in [0.15, 0.2) is 6.29 Å². The Bertz CT molecular complexity index is 762. The molecule has 0 fully saturated rings. The van der Waals surface area contributed by atoms with Crippen LogP contribution in [0.25, 0.3) is 0 Å². The lowest BCUT2D eigenvalue weighted by atomic mass is 10.1. The van der Waals surface area contributed by atoms with Crippen molar-refractivity contribution in [2.75, 3.05) is 6.61 Å². The van der Waals surface area contributed by atoms with Gasteiger partial charge < -0.3 is 13.8 Å². The Labute approximate surface area is 253 Å². The smallest absolute Gasteiger partial charge is 0.418 e. The standard InChI is InChI=1S/C36H59O4P/c1-3-5-7-9-11-13-15-17-19-27-33-37-36(32-26-18-16-14-12-10-8-6-4-2)40-41(38-34-28-22-20-23-29-34)39-35-30-24-21-25-31-35/h20-25,28-31,36H,3-19,26-27,32-33H2,1-2H3. The van der Waals surface area contributed by atoms with Gasteiger partial charge in [0.25, 0.3) is 0 Å². The summed E-state index contributed by atoms with van der Waals surface area (Å²) in [6.07, 6.45) is 25.4. The fourth-order valence-corrected chi connectivity index (χ4v) is 5.95. The highest BCUT2D eigenvalue weighted by Gasteiger charge is 2.24. The zero-order valence-corrected chi connectivity index (χ0v) is 27.2. The fraction of sp³-hybridized carbons (Fsp3) is 0.667. The predicted octanol–water partition coefficient (Wildman–Crippen LogP) is 12.6. The normalized spacial score (nSPS) is 12.1. The summed E-state index contributed by atoms with van der Waals surface area (Å²) >= 11 is 0. The Balaban J connectivity index is 1.80. The average molecular weight is 587 g/mol. The maximum Gasteiger partial charge on any atom is 0.465 e. The summed E-state index contributed by atoms with van der Waals surface area (Å²) in [6, 6.07) is 19.6. The van der Waals surface area contributed by atoms with E-state index in [0.717, 1.165) is 37.4 Å². The maximum absolute atomic E-state index is 6.42. The Morgan fingerprint density at radius 1 is 0.488 bits per heavy atom. The average Bonchev–Trinajstić information content (AvgIpc) is 3.00. The van der Waals surface area contributed by atoms with Crippen LogP contribution in [0, 0.1) is 0 Å². The third kappa shape index (κ3) is 20.0. The van der Waals surface area contributed by atoms with Crippen molar-refractivity contribution >= 4 is 8.60 Å². The van der Waals surface area contributed by atoms with Crippen LogP contribution in [0.1, 0.15) is 142 Å². The van der Waals surface area contributed by atoms with E-state index >= 15 is 0 Å². The summed E-state index contributed by atoms with van der Waals surface area (Å²) in [5.74, 6) is 1.48. The third-order valence-electron chi connectivity index (χ3n) is 7.39. The van der Waals surface area contributed by atoms with Gasteiger partial charge in [-0.3, -0.25) is 4.52 Å². The second kappa shape index (κ2) is 26.1. The SMILES string of the molecule is CCCCCCCCCCCCOC(CCCCCCCCCCC)OP(Oc1ccccc1)Oc1ccccc1. The molecule has 0 N–H and O–H groups in total. The number of para-hydroxylation sites is 2. The molecule has 0 bridgehead atoms. The predicted molar refractivity (Wildman–Crippen MR) is 176 cm³/mol. The molecule has 0 aliphatic heterocycles. The van der Waals surface area contributed by atoms with Crippen molar-refractivity contribution in [2.45, 2.75) is 149 Å². The first-order valence-electron chi connectivity index (χ1n) is 16.9. The second-order valence-corrected chi connectivity index (χ2v) is 12.3. The summed E-state index contributed by atoms with van der Waals surface area (Å²) in [5, 5.41) is 0. The first kappa shape index (κ1) is 35.6. The van der Waals surface area contributed by atoms with Crippen LogP contribution in [-0.2, 0) is 9.26 Å². The second-order valence-electron chi connectivity index (χ2n) is 11.2. The van der Waals surface area contributed by atoms with Crippen LogP contribution >= 0.6 is 8.60 Å². The zero-order valence-electron chi connectivity index (χ0n) is 26.3. The minimum atomic E-state index is -1.65. The largest absolute Gasteiger partial charge is 0.465 e. The number of hydrogen-bond acceptors (Lipinski definition) is 4. The van der Waals surface area contributed by atoms with Crippen LogP contribution in [0.15, 0.2) is 60.7 Å². The van der Waals surface area contributed by atoms with Gasteiger partial charge in [-0.1, -0.05) is 159 Å². The zero-order chi connectivity index (χ0) is 29.1. The molecule has 2 aromatic rings. The van der Waals surface area contributed by atoms with E-state index < -0.39 is 8.60 Å². The molecule has 0 aliphatic carbocycles. The summed E-state index contributed by atoms with van der Waals surface area (Å²) in [6.45, 7) is 5.28. The number of unbranched alkanes of at least 4 members (excludes halogenated alkanes) is 17. The van der Waals surface area contributed by atoms with Crippen molar-refractivity contribution in [3.8, 4) is 11.5 Å². The van der Waals surface area contributed by atoms with E-state index in [9.17, 15) is 0 Å². The molecule has 5 heteroatoms. The van der Waals surface area contributed by atoms with Crippen molar-refractivity contribution in [1.82, 2.24) is 0 Å². The van der Waals surface area contributed by atoms with E-state index in [1.807, 2.05) is 60.7 Å². The third-order valence-corrected chi connectivity index (χ3v) is 8.52. The van der Waals surface area contributed by atoms with Gasteiger partial charge in [-0.05, 0) is 43.5 Å². The summed E-state index contributed by atoms with van der Waals surface area (Å²) < 4.78 is 25.1. The number of rotatable bonds is 28. The summed E-state index contributed by atoms with van der Waals surface area (Å²) in [4.78, 5) is 0. The molecule has 2 rings (SSSR count). The van der Waals surface area contributed by atoms with Gasteiger partial charge in [0, 0.05) is 6.61 Å². The molecule has 1 atom stereocenters. The monoisotopic (exact) mass is 586 g/mol. The highest BCUT2D eigenvalue weighted by molar-refractivity contribution is 7.42. The van der Waals surface area contributed by atoms with Gasteiger partial charge in [-0.15, -0.1) is 0 Å². The molecule has 0 heterocycles. The molecule has 0 saturated carbocycles. The molecule has 41 heavy (non-hydrogen) atoms. The molecule has 232 valence electrons. The minimum absolute atomic E-state index is 0.323. The van der Waals surface area contributed by atoms with Crippen LogP contribution in [0.2, 0.25) is 0 Å². The van der Waals surface area contributed by atoms with Crippen LogP contribution in [0.5, 0.6) is 11.5 Å². The van der Waals surface area contributed by atoms with Crippen molar-refractivity contribution in [2.24, 2.45) is 0 Å². The lowest BCUT2D eigenvalue weighted by molar-refractivity contribution is -0.0896. The molecule has 0 saturated heterocycles. The molecule has 0 aromatic heterocycles. The molecule has 0 radical (unpaired) electrons. The van der Waals surface area contributed by atoms with Gasteiger partial charge in [-0.25, -0.2) is 0 Å². The van der Waals surface area contributed by atoms with E-state index in [1.54, 1.807) is 0 Å². The Kier molecular flexibility index (Phi) is 22.6. The number of ether oxygens (including phenoxy) is 1. The van der Waals surface area contributed by atoms with Gasteiger partial charge in [0.05, 0.1) is 0 Å². The lowest BCUT2D eigenvalue weighted by Gasteiger charge is -2.24. The highest BCUT2D eigenvalue weighted by atomic mass is 31.2. The molecular weight excluding hydrogens is 527 g/mol. The van der Waals surface area contributed by atoms with Gasteiger partial charge in [0.1, 0.15) is 11.5 Å². The minimum Gasteiger partial charge on any atom is -0.418 e. The quantitative estimate of drug-likeness (QED) is 0.0564. The Hall–Kier alpha value is -1.61. The molecule has 1 unspecified atom stereocenters. The van der Waals surface area contributed by atoms with E-state index in [-0.39, 0.29) is 6.29 Å². The summed E-state index contributed by atoms with van der Waals surface area (Å²) in [7, 11) is -1.65. The van der Waals surface area contributed by atoms with E-state index in [0.29, 0.717) is 0 Å². The molecule has 0 spiro atoms. The first-order chi connectivity index (χ1) is 20.3. The van der Waals surface area contributed by atoms with Crippen LogP contribution in [0.3, 0.4) is 0 Å². The number of hydrogen-bond donors (Lipinski definition) is 0. The van der Waals surface area contributed by atoms with Crippen molar-refractivity contribution in [3.63, 3.8) is 0 Å². The van der Waals surface area contributed by atoms with Gasteiger partial charge in [-0.2, -0.15) is 0 Å². The summed E-state index contributed by atoms with van der Waals surface area (Å²) in [5.41, 5.74) is 0. The van der Waals surface area contributed by atoms with Gasteiger partial charge in [0.2, 0.25) is 0 Å². The molecule has 0 amide bonds. The van der Waals surface area contributed by atoms with E-state index in [1.165, 1.54) is 109 Å². The molecular formula is C36H59O4P. The number of benzene rings is 2. The van der Waals surface area contributed by atoms with Crippen molar-refractivity contribution in [3.05, 3.63) is 60.7 Å². The molecule has 0 aliphatic rings. The fourth-order valence-electron chi connectivity index (χ4n) is 4.88. The Morgan fingerprint density at radius 3 is 1.32 bits per heavy atom. The van der Waals surface area contributed by atoms with E-state index in [4.69, 9.17) is 18.3 Å². The van der Waals surface area contributed by atoms with Crippen LogP contribution in [-0.4, -0.2) is 12.9 Å². The first-order valence-corrected chi connectivity index (χ1v) is 18.0. The molecule has 2 aromatic carbocycles. The lowest BCUT2D eigenvalue weighted by Crippen LogP contribution is -2.18. The molecule has 4 nitrogen and oxygen atoms in total. The van der Waals surface area contributed by atoms with Crippen LogP contribution < -0.4 is 9.05 Å².